The van der Waals surface area contributed by atoms with E-state index in [2.05, 4.69) is 48.5 Å². The summed E-state index contributed by atoms with van der Waals surface area (Å²) in [7, 11) is 0. The first-order chi connectivity index (χ1) is 10.3. The fourth-order valence-corrected chi connectivity index (χ4v) is 3.57. The van der Waals surface area contributed by atoms with Gasteiger partial charge in [0.05, 0.1) is 0 Å². The van der Waals surface area contributed by atoms with Crippen molar-refractivity contribution in [1.29, 1.82) is 0 Å². The van der Waals surface area contributed by atoms with Crippen LogP contribution < -0.4 is 0 Å². The van der Waals surface area contributed by atoms with Crippen LogP contribution in [-0.2, 0) is 0 Å². The van der Waals surface area contributed by atoms with Crippen LogP contribution in [0.25, 0.3) is 43.8 Å². The van der Waals surface area contributed by atoms with E-state index >= 15 is 0 Å². The lowest BCUT2D eigenvalue weighted by Crippen LogP contribution is -1.80. The topological polar surface area (TPSA) is 0 Å². The zero-order valence-electron chi connectivity index (χ0n) is 11.2. The van der Waals surface area contributed by atoms with E-state index in [1.807, 2.05) is 6.07 Å². The molecule has 1 aliphatic rings. The SMILES string of the molecule is Fc1ccc2c(c1)-c1cccc3c1c-2cc1ccccc13. The van der Waals surface area contributed by atoms with E-state index in [-0.39, 0.29) is 5.82 Å². The second-order valence-electron chi connectivity index (χ2n) is 5.56. The number of rotatable bonds is 0. The average molecular weight is 270 g/mol. The molecule has 1 heteroatoms. The van der Waals surface area contributed by atoms with Gasteiger partial charge in [-0.3, -0.25) is 0 Å². The molecule has 4 aromatic carbocycles. The molecular formula is C20H11F. The van der Waals surface area contributed by atoms with Crippen molar-refractivity contribution >= 4 is 21.5 Å². The van der Waals surface area contributed by atoms with E-state index < -0.39 is 0 Å². The van der Waals surface area contributed by atoms with E-state index in [9.17, 15) is 4.39 Å². The lowest BCUT2D eigenvalue weighted by molar-refractivity contribution is 0.628. The van der Waals surface area contributed by atoms with Crippen molar-refractivity contribution < 1.29 is 4.39 Å². The summed E-state index contributed by atoms with van der Waals surface area (Å²) in [5.41, 5.74) is 4.50. The van der Waals surface area contributed by atoms with E-state index in [4.69, 9.17) is 0 Å². The minimum atomic E-state index is -0.178. The first kappa shape index (κ1) is 11.0. The minimum absolute atomic E-state index is 0.178. The summed E-state index contributed by atoms with van der Waals surface area (Å²) >= 11 is 0. The highest BCUT2D eigenvalue weighted by Crippen LogP contribution is 2.49. The second kappa shape index (κ2) is 3.70. The van der Waals surface area contributed by atoms with Crippen LogP contribution in [-0.4, -0.2) is 0 Å². The highest BCUT2D eigenvalue weighted by molar-refractivity contribution is 6.23. The molecule has 0 atom stereocenters. The Morgan fingerprint density at radius 1 is 0.571 bits per heavy atom. The van der Waals surface area contributed by atoms with Crippen molar-refractivity contribution in [2.24, 2.45) is 0 Å². The molecule has 0 aromatic heterocycles. The molecule has 0 N–H and O–H groups in total. The summed E-state index contributed by atoms with van der Waals surface area (Å²) in [4.78, 5) is 0. The van der Waals surface area contributed by atoms with Crippen LogP contribution in [0.15, 0.2) is 66.7 Å². The third kappa shape index (κ3) is 1.33. The maximum atomic E-state index is 13.6. The van der Waals surface area contributed by atoms with E-state index in [1.54, 1.807) is 12.1 Å². The molecule has 0 heterocycles. The quantitative estimate of drug-likeness (QED) is 0.313. The van der Waals surface area contributed by atoms with Crippen molar-refractivity contribution in [2.75, 3.05) is 0 Å². The first-order valence-corrected chi connectivity index (χ1v) is 7.08. The maximum absolute atomic E-state index is 13.6. The normalized spacial score (nSPS) is 12.0. The Hall–Kier alpha value is -2.67. The highest BCUT2D eigenvalue weighted by atomic mass is 19.1. The molecule has 0 amide bonds. The number of benzene rings is 4. The standard InChI is InChI=1S/C20H11F/c21-13-8-9-15-18(11-13)17-7-3-6-16-14-5-2-1-4-12(14)10-19(15)20(16)17/h1-11H. The molecular weight excluding hydrogens is 259 g/mol. The molecule has 21 heavy (non-hydrogen) atoms. The van der Waals surface area contributed by atoms with Crippen molar-refractivity contribution in [3.63, 3.8) is 0 Å². The van der Waals surface area contributed by atoms with Crippen LogP contribution >= 0.6 is 0 Å². The zero-order valence-corrected chi connectivity index (χ0v) is 11.2. The third-order valence-corrected chi connectivity index (χ3v) is 4.45. The second-order valence-corrected chi connectivity index (χ2v) is 5.56. The van der Waals surface area contributed by atoms with Crippen LogP contribution in [0.5, 0.6) is 0 Å². The summed E-state index contributed by atoms with van der Waals surface area (Å²) in [5, 5.41) is 4.98. The van der Waals surface area contributed by atoms with Crippen LogP contribution in [0.4, 0.5) is 4.39 Å². The summed E-state index contributed by atoms with van der Waals surface area (Å²) in [6.07, 6.45) is 0. The smallest absolute Gasteiger partial charge is 0.123 e. The Labute approximate surface area is 121 Å². The number of halogens is 1. The predicted octanol–water partition coefficient (Wildman–Crippen LogP) is 5.78. The zero-order chi connectivity index (χ0) is 14.0. The molecule has 0 aliphatic heterocycles. The van der Waals surface area contributed by atoms with E-state index in [0.717, 1.165) is 16.7 Å². The number of hydrogen-bond donors (Lipinski definition) is 0. The lowest BCUT2D eigenvalue weighted by atomic mass is 9.97. The van der Waals surface area contributed by atoms with E-state index in [1.165, 1.54) is 27.1 Å². The van der Waals surface area contributed by atoms with Crippen LogP contribution in [0.3, 0.4) is 0 Å². The van der Waals surface area contributed by atoms with Gasteiger partial charge in [0.15, 0.2) is 0 Å². The first-order valence-electron chi connectivity index (χ1n) is 7.08. The fraction of sp³-hybridized carbons (Fsp3) is 0. The largest absolute Gasteiger partial charge is 0.207 e. The average Bonchev–Trinajstić information content (AvgIpc) is 2.83. The molecule has 4 aromatic rings. The maximum Gasteiger partial charge on any atom is 0.123 e. The Morgan fingerprint density at radius 3 is 2.38 bits per heavy atom. The highest BCUT2D eigenvalue weighted by Gasteiger charge is 2.22. The van der Waals surface area contributed by atoms with Crippen LogP contribution in [0.1, 0.15) is 0 Å². The summed E-state index contributed by atoms with van der Waals surface area (Å²) in [6, 6.07) is 22.1. The van der Waals surface area contributed by atoms with Gasteiger partial charge >= 0.3 is 0 Å². The molecule has 0 fully saturated rings. The van der Waals surface area contributed by atoms with Crippen molar-refractivity contribution in [2.45, 2.75) is 0 Å². The Kier molecular flexibility index (Phi) is 1.95. The molecule has 0 bridgehead atoms. The predicted molar refractivity (Wildman–Crippen MR) is 85.8 cm³/mol. The summed E-state index contributed by atoms with van der Waals surface area (Å²) < 4.78 is 13.6. The number of fused-ring (bicyclic) bond motifs is 5. The van der Waals surface area contributed by atoms with Gasteiger partial charge in [-0.15, -0.1) is 0 Å². The molecule has 0 nitrogen and oxygen atoms in total. The molecule has 0 unspecified atom stereocenters. The molecule has 1 aliphatic carbocycles. The molecule has 5 rings (SSSR count). The Balaban J connectivity index is 2.08. The molecule has 0 spiro atoms. The van der Waals surface area contributed by atoms with Crippen LogP contribution in [0, 0.1) is 5.82 Å². The van der Waals surface area contributed by atoms with Crippen molar-refractivity contribution in [3.05, 3.63) is 72.5 Å². The monoisotopic (exact) mass is 270 g/mol. The summed E-state index contributed by atoms with van der Waals surface area (Å²) in [6.45, 7) is 0. The van der Waals surface area contributed by atoms with Gasteiger partial charge in [0.25, 0.3) is 0 Å². The molecule has 98 valence electrons. The van der Waals surface area contributed by atoms with Gasteiger partial charge in [-0.2, -0.15) is 0 Å². The van der Waals surface area contributed by atoms with E-state index in [0.29, 0.717) is 0 Å². The Morgan fingerprint density at radius 2 is 1.43 bits per heavy atom. The van der Waals surface area contributed by atoms with Crippen LogP contribution in [0.2, 0.25) is 0 Å². The van der Waals surface area contributed by atoms with Gasteiger partial charge in [0.1, 0.15) is 5.82 Å². The Bertz CT molecular complexity index is 1040. The van der Waals surface area contributed by atoms with Gasteiger partial charge < -0.3 is 0 Å². The van der Waals surface area contributed by atoms with Gasteiger partial charge in [-0.1, -0.05) is 48.5 Å². The van der Waals surface area contributed by atoms with Gasteiger partial charge in [0.2, 0.25) is 0 Å². The number of hydrogen-bond acceptors (Lipinski definition) is 0. The van der Waals surface area contributed by atoms with Crippen molar-refractivity contribution in [3.8, 4) is 22.3 Å². The third-order valence-electron chi connectivity index (χ3n) is 4.45. The molecule has 0 saturated heterocycles. The van der Waals surface area contributed by atoms with Gasteiger partial charge in [-0.05, 0) is 62.0 Å². The van der Waals surface area contributed by atoms with Crippen molar-refractivity contribution in [1.82, 2.24) is 0 Å². The minimum Gasteiger partial charge on any atom is -0.207 e. The van der Waals surface area contributed by atoms with Gasteiger partial charge in [-0.25, -0.2) is 4.39 Å². The lowest BCUT2D eigenvalue weighted by Gasteiger charge is -2.07. The molecule has 0 saturated carbocycles. The summed E-state index contributed by atoms with van der Waals surface area (Å²) in [5.74, 6) is -0.178. The van der Waals surface area contributed by atoms with Gasteiger partial charge in [0, 0.05) is 0 Å². The fourth-order valence-electron chi connectivity index (χ4n) is 3.57. The molecule has 0 radical (unpaired) electrons.